The molecule has 0 aliphatic carbocycles. The largest absolute Gasteiger partial charge is 0.491 e. The van der Waals surface area contributed by atoms with Gasteiger partial charge in [-0.2, -0.15) is 0 Å². The highest BCUT2D eigenvalue weighted by atomic mass is 16.5. The lowest BCUT2D eigenvalue weighted by atomic mass is 10.0. The molecule has 2 rings (SSSR count). The molecule has 0 fully saturated rings. The van der Waals surface area contributed by atoms with Crippen LogP contribution >= 0.6 is 0 Å². The van der Waals surface area contributed by atoms with Gasteiger partial charge in [0.1, 0.15) is 5.75 Å². The van der Waals surface area contributed by atoms with Crippen molar-refractivity contribution in [2.24, 2.45) is 0 Å². The second-order valence-electron chi connectivity index (χ2n) is 5.18. The van der Waals surface area contributed by atoms with Gasteiger partial charge in [0.15, 0.2) is 0 Å². The van der Waals surface area contributed by atoms with Crippen LogP contribution in [0.25, 0.3) is 0 Å². The van der Waals surface area contributed by atoms with Crippen molar-refractivity contribution in [1.29, 1.82) is 0 Å². The van der Waals surface area contributed by atoms with Crippen molar-refractivity contribution >= 4 is 0 Å². The molecule has 0 bridgehead atoms. The van der Waals surface area contributed by atoms with Gasteiger partial charge < -0.3 is 14.5 Å². The minimum Gasteiger partial charge on any atom is -0.491 e. The highest BCUT2D eigenvalue weighted by Crippen LogP contribution is 2.24. The number of hydrogen-bond donors (Lipinski definition) is 1. The van der Waals surface area contributed by atoms with Gasteiger partial charge in [-0.15, -0.1) is 0 Å². The van der Waals surface area contributed by atoms with Crippen LogP contribution in [0.5, 0.6) is 5.75 Å². The van der Waals surface area contributed by atoms with Gasteiger partial charge in [-0.1, -0.05) is 19.1 Å². The summed E-state index contributed by atoms with van der Waals surface area (Å²) in [4.78, 5) is 0. The standard InChI is InChI=1S/C17H23NO2/c1-4-10-18-17(15-9-11-19-12-15)14-5-7-16(8-6-14)20-13(2)3/h5-9,11-13,17-18H,4,10H2,1-3H3. The molecule has 0 aliphatic heterocycles. The van der Waals surface area contributed by atoms with E-state index in [4.69, 9.17) is 9.15 Å². The average Bonchev–Trinajstić information content (AvgIpc) is 2.94. The van der Waals surface area contributed by atoms with Gasteiger partial charge in [0.05, 0.1) is 24.7 Å². The SMILES string of the molecule is CCCNC(c1ccc(OC(C)C)cc1)c1ccoc1. The van der Waals surface area contributed by atoms with E-state index in [2.05, 4.69) is 24.4 Å². The molecule has 3 heteroatoms. The molecule has 0 saturated heterocycles. The predicted molar refractivity (Wildman–Crippen MR) is 81.1 cm³/mol. The van der Waals surface area contributed by atoms with E-state index in [1.807, 2.05) is 32.0 Å². The van der Waals surface area contributed by atoms with Crippen molar-refractivity contribution in [3.8, 4) is 5.75 Å². The fourth-order valence-electron chi connectivity index (χ4n) is 2.17. The maximum atomic E-state index is 5.68. The van der Waals surface area contributed by atoms with Crippen molar-refractivity contribution in [2.75, 3.05) is 6.54 Å². The molecule has 1 atom stereocenters. The van der Waals surface area contributed by atoms with E-state index in [1.54, 1.807) is 12.5 Å². The van der Waals surface area contributed by atoms with E-state index in [1.165, 1.54) is 5.56 Å². The molecular weight excluding hydrogens is 250 g/mol. The Hall–Kier alpha value is -1.74. The van der Waals surface area contributed by atoms with Crippen LogP contribution in [0.2, 0.25) is 0 Å². The summed E-state index contributed by atoms with van der Waals surface area (Å²) in [7, 11) is 0. The normalized spacial score (nSPS) is 12.6. The molecular formula is C17H23NO2. The van der Waals surface area contributed by atoms with Gasteiger partial charge in [-0.3, -0.25) is 0 Å². The van der Waals surface area contributed by atoms with Crippen LogP contribution in [0, 0.1) is 0 Å². The fourth-order valence-corrected chi connectivity index (χ4v) is 2.17. The Labute approximate surface area is 121 Å². The van der Waals surface area contributed by atoms with E-state index < -0.39 is 0 Å². The number of benzene rings is 1. The first kappa shape index (κ1) is 14.7. The first-order valence-corrected chi connectivity index (χ1v) is 7.22. The molecule has 1 aromatic heterocycles. The van der Waals surface area contributed by atoms with Crippen molar-refractivity contribution < 1.29 is 9.15 Å². The molecule has 2 aromatic rings. The lowest BCUT2D eigenvalue weighted by Crippen LogP contribution is -2.22. The zero-order valence-corrected chi connectivity index (χ0v) is 12.4. The van der Waals surface area contributed by atoms with Crippen LogP contribution in [0.3, 0.4) is 0 Å². The van der Waals surface area contributed by atoms with E-state index >= 15 is 0 Å². The molecule has 1 unspecified atom stereocenters. The third kappa shape index (κ3) is 3.87. The van der Waals surface area contributed by atoms with Crippen LogP contribution in [-0.2, 0) is 0 Å². The fraction of sp³-hybridized carbons (Fsp3) is 0.412. The first-order valence-electron chi connectivity index (χ1n) is 7.22. The molecule has 0 saturated carbocycles. The Balaban J connectivity index is 2.16. The summed E-state index contributed by atoms with van der Waals surface area (Å²) in [5.74, 6) is 0.908. The predicted octanol–water partition coefficient (Wildman–Crippen LogP) is 4.16. The Morgan fingerprint density at radius 1 is 1.10 bits per heavy atom. The Kier molecular flexibility index (Phi) is 5.24. The second kappa shape index (κ2) is 7.15. The molecule has 1 aromatic carbocycles. The van der Waals surface area contributed by atoms with Gasteiger partial charge in [0, 0.05) is 5.56 Å². The molecule has 0 aliphatic rings. The quantitative estimate of drug-likeness (QED) is 0.822. The molecule has 1 N–H and O–H groups in total. The van der Waals surface area contributed by atoms with Crippen LogP contribution < -0.4 is 10.1 Å². The number of furan rings is 1. The van der Waals surface area contributed by atoms with Crippen LogP contribution in [0.1, 0.15) is 44.4 Å². The zero-order chi connectivity index (χ0) is 14.4. The lowest BCUT2D eigenvalue weighted by molar-refractivity contribution is 0.242. The molecule has 0 radical (unpaired) electrons. The van der Waals surface area contributed by atoms with Crippen LogP contribution in [-0.4, -0.2) is 12.6 Å². The summed E-state index contributed by atoms with van der Waals surface area (Å²) < 4.78 is 10.9. The summed E-state index contributed by atoms with van der Waals surface area (Å²) in [6.07, 6.45) is 4.81. The minimum absolute atomic E-state index is 0.168. The number of nitrogens with one attached hydrogen (secondary N) is 1. The summed E-state index contributed by atoms with van der Waals surface area (Å²) in [6.45, 7) is 7.20. The van der Waals surface area contributed by atoms with Gasteiger partial charge in [-0.25, -0.2) is 0 Å². The maximum absolute atomic E-state index is 5.68. The third-order valence-electron chi connectivity index (χ3n) is 3.06. The molecule has 3 nitrogen and oxygen atoms in total. The Morgan fingerprint density at radius 3 is 2.40 bits per heavy atom. The number of rotatable bonds is 7. The first-order chi connectivity index (χ1) is 9.70. The Morgan fingerprint density at radius 2 is 1.85 bits per heavy atom. The topological polar surface area (TPSA) is 34.4 Å². The summed E-state index contributed by atoms with van der Waals surface area (Å²) >= 11 is 0. The zero-order valence-electron chi connectivity index (χ0n) is 12.4. The van der Waals surface area contributed by atoms with Gasteiger partial charge in [-0.05, 0) is 50.6 Å². The lowest BCUT2D eigenvalue weighted by Gasteiger charge is -2.18. The summed E-state index contributed by atoms with van der Waals surface area (Å²) in [5.41, 5.74) is 2.37. The van der Waals surface area contributed by atoms with E-state index in [0.29, 0.717) is 0 Å². The van der Waals surface area contributed by atoms with Crippen molar-refractivity contribution in [3.05, 3.63) is 54.0 Å². The van der Waals surface area contributed by atoms with Crippen molar-refractivity contribution in [1.82, 2.24) is 5.32 Å². The highest BCUT2D eigenvalue weighted by Gasteiger charge is 2.14. The van der Waals surface area contributed by atoms with E-state index in [0.717, 1.165) is 24.3 Å². The summed E-state index contributed by atoms with van der Waals surface area (Å²) in [6, 6.07) is 10.4. The Bertz CT molecular complexity index is 488. The third-order valence-corrected chi connectivity index (χ3v) is 3.06. The molecule has 20 heavy (non-hydrogen) atoms. The van der Waals surface area contributed by atoms with Crippen LogP contribution in [0.15, 0.2) is 47.3 Å². The van der Waals surface area contributed by atoms with Gasteiger partial charge in [0.25, 0.3) is 0 Å². The van der Waals surface area contributed by atoms with E-state index in [9.17, 15) is 0 Å². The van der Waals surface area contributed by atoms with Gasteiger partial charge >= 0.3 is 0 Å². The second-order valence-corrected chi connectivity index (χ2v) is 5.18. The average molecular weight is 273 g/mol. The molecule has 1 heterocycles. The van der Waals surface area contributed by atoms with Crippen LogP contribution in [0.4, 0.5) is 0 Å². The molecule has 0 amide bonds. The number of ether oxygens (including phenoxy) is 1. The van der Waals surface area contributed by atoms with Gasteiger partial charge in [0.2, 0.25) is 0 Å². The maximum Gasteiger partial charge on any atom is 0.119 e. The summed E-state index contributed by atoms with van der Waals surface area (Å²) in [5, 5.41) is 3.55. The van der Waals surface area contributed by atoms with Crippen molar-refractivity contribution in [2.45, 2.75) is 39.3 Å². The monoisotopic (exact) mass is 273 g/mol. The highest BCUT2D eigenvalue weighted by molar-refractivity contribution is 5.34. The minimum atomic E-state index is 0.168. The molecule has 0 spiro atoms. The molecule has 108 valence electrons. The van der Waals surface area contributed by atoms with E-state index in [-0.39, 0.29) is 12.1 Å². The number of hydrogen-bond acceptors (Lipinski definition) is 3. The smallest absolute Gasteiger partial charge is 0.119 e. The van der Waals surface area contributed by atoms with Crippen molar-refractivity contribution in [3.63, 3.8) is 0 Å².